The van der Waals surface area contributed by atoms with E-state index >= 15 is 0 Å². The Bertz CT molecular complexity index is 877. The van der Waals surface area contributed by atoms with Crippen molar-refractivity contribution >= 4 is 40.5 Å². The maximum Gasteiger partial charge on any atom is 0.344 e. The number of fused-ring (bicyclic) bond motifs is 1. The second kappa shape index (κ2) is 7.21. The number of ether oxygens (including phenoxy) is 2. The summed E-state index contributed by atoms with van der Waals surface area (Å²) < 4.78 is 11.8. The summed E-state index contributed by atoms with van der Waals surface area (Å²) in [6, 6.07) is -0.995. The average Bonchev–Trinajstić information content (AvgIpc) is 3.10. The smallest absolute Gasteiger partial charge is 0.344 e. The number of aliphatic carboxylic acids is 2. The Labute approximate surface area is 155 Å². The second-order valence-electron chi connectivity index (χ2n) is 5.72. The van der Waals surface area contributed by atoms with Gasteiger partial charge in [-0.05, 0) is 11.6 Å². The molecule has 1 fully saturated rings. The highest BCUT2D eigenvalue weighted by Crippen LogP contribution is 2.31. The highest BCUT2D eigenvalue weighted by Gasteiger charge is 2.44. The number of rotatable bonds is 6. The summed E-state index contributed by atoms with van der Waals surface area (Å²) in [5.41, 5.74) is 12.0. The van der Waals surface area contributed by atoms with E-state index in [0.29, 0.717) is 0 Å². The van der Waals surface area contributed by atoms with Crippen LogP contribution in [0, 0.1) is 0 Å². The lowest BCUT2D eigenvalue weighted by Crippen LogP contribution is -2.43. The highest BCUT2D eigenvalue weighted by molar-refractivity contribution is 6.28. The van der Waals surface area contributed by atoms with Crippen molar-refractivity contribution in [3.63, 3.8) is 0 Å². The molecule has 0 aliphatic carbocycles. The number of carboxylic acids is 2. The zero-order valence-electron chi connectivity index (χ0n) is 13.5. The normalized spacial score (nSPS) is 25.3. The molecule has 3 rings (SSSR count). The van der Waals surface area contributed by atoms with Crippen molar-refractivity contribution < 1.29 is 34.4 Å². The lowest BCUT2D eigenvalue weighted by Gasteiger charge is -2.17. The Morgan fingerprint density at radius 3 is 2.67 bits per heavy atom. The molecule has 0 amide bonds. The zero-order valence-corrected chi connectivity index (χ0v) is 14.2. The fourth-order valence-corrected chi connectivity index (χ4v) is 2.85. The molecule has 1 saturated heterocycles. The minimum absolute atomic E-state index is 0.0335. The Balaban J connectivity index is 1.81. The van der Waals surface area contributed by atoms with Gasteiger partial charge in [-0.3, -0.25) is 4.57 Å². The zero-order chi connectivity index (χ0) is 19.9. The predicted molar refractivity (Wildman–Crippen MR) is 87.6 cm³/mol. The third kappa shape index (κ3) is 3.50. The minimum atomic E-state index is -2.09. The van der Waals surface area contributed by atoms with Gasteiger partial charge in [0.05, 0.1) is 19.0 Å². The van der Waals surface area contributed by atoms with Gasteiger partial charge in [-0.15, -0.1) is 0 Å². The number of carbonyl (C=O) groups is 2. The summed E-state index contributed by atoms with van der Waals surface area (Å²) in [5.74, 6) is -3.31. The van der Waals surface area contributed by atoms with Gasteiger partial charge in [-0.2, -0.15) is 9.97 Å². The Morgan fingerprint density at radius 1 is 1.37 bits per heavy atom. The van der Waals surface area contributed by atoms with E-state index in [4.69, 9.17) is 42.8 Å². The molecule has 146 valence electrons. The van der Waals surface area contributed by atoms with Crippen molar-refractivity contribution in [2.45, 2.75) is 30.6 Å². The molecule has 1 aliphatic rings. The predicted octanol–water partition coefficient (Wildman–Crippen LogP) is -1.80. The van der Waals surface area contributed by atoms with Gasteiger partial charge in [-0.25, -0.2) is 14.6 Å². The number of aromatic nitrogens is 4. The first-order valence-corrected chi connectivity index (χ1v) is 7.90. The molecule has 2 aromatic rings. The first kappa shape index (κ1) is 19.2. The topological polar surface area (TPSA) is 209 Å². The summed E-state index contributed by atoms with van der Waals surface area (Å²) in [7, 11) is 0. The van der Waals surface area contributed by atoms with Crippen LogP contribution >= 0.6 is 11.6 Å². The van der Waals surface area contributed by atoms with Crippen LogP contribution in [0.3, 0.4) is 0 Å². The van der Waals surface area contributed by atoms with Gasteiger partial charge < -0.3 is 36.3 Å². The molecule has 14 heteroatoms. The molecule has 1 aliphatic heterocycles. The number of imidazole rings is 1. The van der Waals surface area contributed by atoms with Gasteiger partial charge in [0, 0.05) is 0 Å². The first-order chi connectivity index (χ1) is 12.7. The molecule has 0 saturated carbocycles. The van der Waals surface area contributed by atoms with E-state index < -0.39 is 49.1 Å². The van der Waals surface area contributed by atoms with E-state index in [9.17, 15) is 14.7 Å². The fourth-order valence-electron chi connectivity index (χ4n) is 2.68. The molecule has 0 bridgehead atoms. The maximum absolute atomic E-state index is 10.9. The van der Waals surface area contributed by atoms with Crippen LogP contribution in [-0.2, 0) is 19.1 Å². The molecule has 3 heterocycles. The van der Waals surface area contributed by atoms with E-state index in [-0.39, 0.29) is 22.3 Å². The van der Waals surface area contributed by atoms with Gasteiger partial charge in [0.2, 0.25) is 5.28 Å². The third-order valence-corrected chi connectivity index (χ3v) is 4.17. The number of anilines is 1. The number of nitrogen functional groups attached to an aromatic ring is 1. The van der Waals surface area contributed by atoms with E-state index in [1.54, 1.807) is 0 Å². The van der Waals surface area contributed by atoms with Crippen molar-refractivity contribution in [3.8, 4) is 0 Å². The number of halogens is 1. The molecule has 4 atom stereocenters. The fraction of sp³-hybridized carbons (Fsp3) is 0.462. The Kier molecular flexibility index (Phi) is 5.12. The number of carboxylic acid groups (broad SMARTS) is 2. The van der Waals surface area contributed by atoms with Gasteiger partial charge in [0.25, 0.3) is 6.10 Å². The maximum atomic E-state index is 10.9. The monoisotopic (exact) mass is 402 g/mol. The van der Waals surface area contributed by atoms with Crippen molar-refractivity contribution in [3.05, 3.63) is 11.6 Å². The first-order valence-electron chi connectivity index (χ1n) is 7.52. The van der Waals surface area contributed by atoms with Crippen LogP contribution in [0.5, 0.6) is 0 Å². The Hall–Kier alpha value is -2.58. The molecule has 0 aromatic carbocycles. The Morgan fingerprint density at radius 2 is 2.04 bits per heavy atom. The van der Waals surface area contributed by atoms with Gasteiger partial charge in [-0.1, -0.05) is 0 Å². The lowest BCUT2D eigenvalue weighted by molar-refractivity contribution is -0.169. The molecular weight excluding hydrogens is 388 g/mol. The van der Waals surface area contributed by atoms with E-state index in [1.165, 1.54) is 10.9 Å². The molecule has 27 heavy (non-hydrogen) atoms. The van der Waals surface area contributed by atoms with Crippen molar-refractivity contribution in [2.75, 3.05) is 12.3 Å². The van der Waals surface area contributed by atoms with Gasteiger partial charge in [0.1, 0.15) is 17.7 Å². The molecule has 7 N–H and O–H groups in total. The summed E-state index contributed by atoms with van der Waals surface area (Å²) >= 11 is 5.79. The molecule has 13 nitrogen and oxygen atoms in total. The molecule has 2 aromatic heterocycles. The number of hydrogen-bond donors (Lipinski definition) is 5. The van der Waals surface area contributed by atoms with E-state index in [1.807, 2.05) is 0 Å². The quantitative estimate of drug-likeness (QED) is 0.267. The van der Waals surface area contributed by atoms with Crippen molar-refractivity contribution in [2.24, 2.45) is 5.73 Å². The SMILES string of the molecule is Nc1nc(Cl)nc2c1ncn2[C@@H]1O[C@H](COC(C(=O)O)C(=O)O)[C@@H](N)[C@H]1O. The number of nitrogens with two attached hydrogens (primary N) is 2. The van der Waals surface area contributed by atoms with E-state index in [0.717, 1.165) is 0 Å². The number of nitrogens with zero attached hydrogens (tertiary/aromatic N) is 4. The van der Waals surface area contributed by atoms with Gasteiger partial charge in [0.15, 0.2) is 17.7 Å². The van der Waals surface area contributed by atoms with Crippen molar-refractivity contribution in [1.82, 2.24) is 19.5 Å². The number of aliphatic hydroxyl groups is 1. The third-order valence-electron chi connectivity index (χ3n) is 4.00. The standard InChI is InChI=1S/C13H15ClN6O7/c14-13-18-8(16)5-9(19-13)20(2-17-5)10-6(21)4(15)3(27-10)1-26-7(11(22)23)12(24)25/h2-4,6-7,10,21H,1,15H2,(H,22,23)(H,24,25)(H2,16,18,19)/t3-,4-,6-,10-/m1/s1. The summed E-state index contributed by atoms with van der Waals surface area (Å²) in [6.07, 6.45) is -4.08. The van der Waals surface area contributed by atoms with Crippen LogP contribution in [-0.4, -0.2) is 77.7 Å². The molecule has 0 spiro atoms. The van der Waals surface area contributed by atoms with Crippen LogP contribution in [0.2, 0.25) is 5.28 Å². The summed E-state index contributed by atoms with van der Waals surface area (Å²) in [6.45, 7) is -0.470. The molecule has 0 unspecified atom stereocenters. The average molecular weight is 403 g/mol. The molecule has 0 radical (unpaired) electrons. The molecular formula is C13H15ClN6O7. The van der Waals surface area contributed by atoms with Gasteiger partial charge >= 0.3 is 11.9 Å². The van der Waals surface area contributed by atoms with E-state index in [2.05, 4.69) is 15.0 Å². The largest absolute Gasteiger partial charge is 0.479 e. The van der Waals surface area contributed by atoms with Crippen LogP contribution < -0.4 is 11.5 Å². The summed E-state index contributed by atoms with van der Waals surface area (Å²) in [5, 5.41) is 27.9. The second-order valence-corrected chi connectivity index (χ2v) is 6.06. The number of aliphatic hydroxyl groups excluding tert-OH is 1. The lowest BCUT2D eigenvalue weighted by atomic mass is 10.1. The summed E-state index contributed by atoms with van der Waals surface area (Å²) in [4.78, 5) is 33.6. The van der Waals surface area contributed by atoms with Crippen molar-refractivity contribution in [1.29, 1.82) is 0 Å². The van der Waals surface area contributed by atoms with Crippen LogP contribution in [0.25, 0.3) is 11.2 Å². The minimum Gasteiger partial charge on any atom is -0.479 e. The van der Waals surface area contributed by atoms with Crippen LogP contribution in [0.1, 0.15) is 6.23 Å². The van der Waals surface area contributed by atoms with Crippen LogP contribution in [0.15, 0.2) is 6.33 Å². The highest BCUT2D eigenvalue weighted by atomic mass is 35.5. The van der Waals surface area contributed by atoms with Crippen LogP contribution in [0.4, 0.5) is 5.82 Å². The number of hydrogen-bond acceptors (Lipinski definition) is 10.